The third kappa shape index (κ3) is 5.02. The van der Waals surface area contributed by atoms with Crippen molar-refractivity contribution in [1.29, 1.82) is 0 Å². The van der Waals surface area contributed by atoms with Crippen LogP contribution in [0.5, 0.6) is 0 Å². The smallest absolute Gasteiger partial charge is 0.226 e. The second-order valence-corrected chi connectivity index (χ2v) is 8.95. The number of hydrogen-bond donors (Lipinski definition) is 2. The SMILES string of the molecule is O=C(C[C@@H]1c2ccccc2N[C@@H](c2ccccc2)[C@@H]1C(=O)NCc1ccccc1)c1ccccc1. The zero-order valence-electron chi connectivity index (χ0n) is 19.4. The second-order valence-electron chi connectivity index (χ2n) is 8.95. The van der Waals surface area contributed by atoms with E-state index in [4.69, 9.17) is 0 Å². The zero-order chi connectivity index (χ0) is 24.0. The molecule has 0 saturated carbocycles. The number of nitrogens with one attached hydrogen (secondary N) is 2. The molecule has 0 spiro atoms. The van der Waals surface area contributed by atoms with Crippen LogP contribution in [0.25, 0.3) is 0 Å². The number of carbonyl (C=O) groups excluding carboxylic acids is 2. The molecule has 2 N–H and O–H groups in total. The highest BCUT2D eigenvalue weighted by Crippen LogP contribution is 2.46. The van der Waals surface area contributed by atoms with E-state index in [1.807, 2.05) is 115 Å². The number of anilines is 1. The van der Waals surface area contributed by atoms with Crippen LogP contribution in [0.4, 0.5) is 5.69 Å². The summed E-state index contributed by atoms with van der Waals surface area (Å²) in [5.41, 5.74) is 4.71. The van der Waals surface area contributed by atoms with E-state index in [2.05, 4.69) is 10.6 Å². The predicted molar refractivity (Wildman–Crippen MR) is 139 cm³/mol. The molecule has 4 heteroatoms. The van der Waals surface area contributed by atoms with Crippen LogP contribution in [0, 0.1) is 5.92 Å². The number of hydrogen-bond acceptors (Lipinski definition) is 3. The number of fused-ring (bicyclic) bond motifs is 1. The third-order valence-corrected chi connectivity index (χ3v) is 6.74. The molecule has 0 aliphatic carbocycles. The molecule has 0 saturated heterocycles. The minimum atomic E-state index is -0.455. The molecule has 1 amide bonds. The van der Waals surface area contributed by atoms with Gasteiger partial charge in [-0.25, -0.2) is 0 Å². The van der Waals surface area contributed by atoms with E-state index in [0.717, 1.165) is 22.4 Å². The van der Waals surface area contributed by atoms with E-state index in [9.17, 15) is 9.59 Å². The van der Waals surface area contributed by atoms with Gasteiger partial charge >= 0.3 is 0 Å². The van der Waals surface area contributed by atoms with Crippen molar-refractivity contribution in [1.82, 2.24) is 5.32 Å². The Morgan fingerprint density at radius 3 is 2.03 bits per heavy atom. The molecule has 5 rings (SSSR count). The first-order valence-electron chi connectivity index (χ1n) is 12.0. The number of para-hydroxylation sites is 1. The Balaban J connectivity index is 1.52. The van der Waals surface area contributed by atoms with Crippen molar-refractivity contribution in [2.45, 2.75) is 24.9 Å². The normalized spacial score (nSPS) is 18.7. The Bertz CT molecular complexity index is 1290. The molecule has 35 heavy (non-hydrogen) atoms. The first-order chi connectivity index (χ1) is 17.2. The molecule has 0 fully saturated rings. The minimum Gasteiger partial charge on any atom is -0.377 e. The molecule has 1 aliphatic heterocycles. The maximum atomic E-state index is 13.8. The number of rotatable bonds is 7. The Labute approximate surface area is 206 Å². The maximum Gasteiger partial charge on any atom is 0.226 e. The summed E-state index contributed by atoms with van der Waals surface area (Å²) in [4.78, 5) is 27.2. The van der Waals surface area contributed by atoms with Gasteiger partial charge in [0.25, 0.3) is 0 Å². The fourth-order valence-corrected chi connectivity index (χ4v) is 5.00. The fraction of sp³-hybridized carbons (Fsp3) is 0.161. The Morgan fingerprint density at radius 1 is 0.714 bits per heavy atom. The van der Waals surface area contributed by atoms with Gasteiger partial charge in [0.05, 0.1) is 12.0 Å². The Hall–Kier alpha value is -4.18. The number of amides is 1. The van der Waals surface area contributed by atoms with E-state index < -0.39 is 5.92 Å². The third-order valence-electron chi connectivity index (χ3n) is 6.74. The van der Waals surface area contributed by atoms with Crippen molar-refractivity contribution in [2.75, 3.05) is 5.32 Å². The van der Waals surface area contributed by atoms with Crippen LogP contribution in [0.1, 0.15) is 45.4 Å². The topological polar surface area (TPSA) is 58.2 Å². The molecule has 0 radical (unpaired) electrons. The van der Waals surface area contributed by atoms with Gasteiger partial charge in [-0.3, -0.25) is 9.59 Å². The highest BCUT2D eigenvalue weighted by molar-refractivity contribution is 5.97. The lowest BCUT2D eigenvalue weighted by Gasteiger charge is -2.40. The van der Waals surface area contributed by atoms with Gasteiger partial charge in [0.2, 0.25) is 5.91 Å². The predicted octanol–water partition coefficient (Wildman–Crippen LogP) is 6.14. The van der Waals surface area contributed by atoms with Crippen molar-refractivity contribution < 1.29 is 9.59 Å². The molecule has 0 aromatic heterocycles. The van der Waals surface area contributed by atoms with Crippen LogP contribution in [0.15, 0.2) is 115 Å². The summed E-state index contributed by atoms with van der Waals surface area (Å²) < 4.78 is 0. The standard InChI is InChI=1S/C31H28N2O2/c34-28(23-14-6-2-7-15-23)20-26-25-18-10-11-19-27(25)33-30(24-16-8-3-9-17-24)29(26)31(35)32-21-22-12-4-1-5-13-22/h1-19,26,29-30,33H,20-21H2,(H,32,35)/t26-,29-,30+/m1/s1. The van der Waals surface area contributed by atoms with Crippen LogP contribution in [0.3, 0.4) is 0 Å². The van der Waals surface area contributed by atoms with E-state index in [1.54, 1.807) is 0 Å². The number of ketones is 1. The van der Waals surface area contributed by atoms with Crippen molar-refractivity contribution in [3.8, 4) is 0 Å². The quantitative estimate of drug-likeness (QED) is 0.326. The van der Waals surface area contributed by atoms with Crippen LogP contribution in [-0.2, 0) is 11.3 Å². The molecule has 0 unspecified atom stereocenters. The molecule has 1 heterocycles. The van der Waals surface area contributed by atoms with E-state index >= 15 is 0 Å². The Morgan fingerprint density at radius 2 is 1.31 bits per heavy atom. The summed E-state index contributed by atoms with van der Waals surface area (Å²) in [5.74, 6) is -0.736. The van der Waals surface area contributed by atoms with Crippen molar-refractivity contribution in [3.05, 3.63) is 138 Å². The van der Waals surface area contributed by atoms with Gasteiger partial charge in [0.1, 0.15) is 0 Å². The van der Waals surface area contributed by atoms with E-state index in [1.165, 1.54) is 0 Å². The molecule has 3 atom stereocenters. The molecular weight excluding hydrogens is 432 g/mol. The summed E-state index contributed by atoms with van der Waals surface area (Å²) in [6.45, 7) is 0.443. The largest absolute Gasteiger partial charge is 0.377 e. The van der Waals surface area contributed by atoms with Gasteiger partial charge in [0, 0.05) is 30.1 Å². The van der Waals surface area contributed by atoms with Gasteiger partial charge in [-0.05, 0) is 22.8 Å². The van der Waals surface area contributed by atoms with Gasteiger partial charge in [-0.15, -0.1) is 0 Å². The number of benzene rings is 4. The van der Waals surface area contributed by atoms with Gasteiger partial charge in [0.15, 0.2) is 5.78 Å². The summed E-state index contributed by atoms with van der Waals surface area (Å²) in [6, 6.07) is 37.0. The number of carbonyl (C=O) groups is 2. The Kier molecular flexibility index (Phi) is 6.71. The zero-order valence-corrected chi connectivity index (χ0v) is 19.4. The maximum absolute atomic E-state index is 13.8. The van der Waals surface area contributed by atoms with Crippen molar-refractivity contribution in [3.63, 3.8) is 0 Å². The van der Waals surface area contributed by atoms with Gasteiger partial charge in [-0.2, -0.15) is 0 Å². The highest BCUT2D eigenvalue weighted by atomic mass is 16.2. The van der Waals surface area contributed by atoms with Gasteiger partial charge in [-0.1, -0.05) is 109 Å². The summed E-state index contributed by atoms with van der Waals surface area (Å²) >= 11 is 0. The first-order valence-corrected chi connectivity index (χ1v) is 12.0. The molecular formula is C31H28N2O2. The fourth-order valence-electron chi connectivity index (χ4n) is 5.00. The van der Waals surface area contributed by atoms with Crippen LogP contribution >= 0.6 is 0 Å². The summed E-state index contributed by atoms with van der Waals surface area (Å²) in [5, 5.41) is 6.77. The molecule has 4 aromatic rings. The van der Waals surface area contributed by atoms with Crippen LogP contribution in [-0.4, -0.2) is 11.7 Å². The lowest BCUT2D eigenvalue weighted by molar-refractivity contribution is -0.126. The average molecular weight is 461 g/mol. The molecule has 4 nitrogen and oxygen atoms in total. The van der Waals surface area contributed by atoms with E-state index in [0.29, 0.717) is 12.1 Å². The van der Waals surface area contributed by atoms with Crippen LogP contribution < -0.4 is 10.6 Å². The summed E-state index contributed by atoms with van der Waals surface area (Å²) in [6.07, 6.45) is 0.259. The first kappa shape index (κ1) is 22.6. The van der Waals surface area contributed by atoms with Gasteiger partial charge < -0.3 is 10.6 Å². The van der Waals surface area contributed by atoms with Crippen molar-refractivity contribution >= 4 is 17.4 Å². The van der Waals surface area contributed by atoms with Crippen LogP contribution in [0.2, 0.25) is 0 Å². The minimum absolute atomic E-state index is 0.0416. The lowest BCUT2D eigenvalue weighted by Crippen LogP contribution is -2.43. The molecule has 0 bridgehead atoms. The van der Waals surface area contributed by atoms with Crippen molar-refractivity contribution in [2.24, 2.45) is 5.92 Å². The average Bonchev–Trinajstić information content (AvgIpc) is 2.93. The highest BCUT2D eigenvalue weighted by Gasteiger charge is 2.42. The number of Topliss-reactive ketones (excluding diaryl/α,β-unsaturated/α-hetero) is 1. The summed E-state index contributed by atoms with van der Waals surface area (Å²) in [7, 11) is 0. The monoisotopic (exact) mass is 460 g/mol. The molecule has 1 aliphatic rings. The molecule has 4 aromatic carbocycles. The second kappa shape index (κ2) is 10.4. The lowest BCUT2D eigenvalue weighted by atomic mass is 9.72. The molecule has 174 valence electrons. The van der Waals surface area contributed by atoms with E-state index in [-0.39, 0.29) is 30.1 Å².